The number of rotatable bonds is 4. The number of nitrogens with zero attached hydrogens (tertiary/aromatic N) is 4. The Balaban J connectivity index is 2.30. The standard InChI is InChI=1S/C12H17N5O3/c1-3-13-10-6-9(17(19)20)7-11(14-10)16-5-4-15(2)12(18)8-16/h6-7H,3-5,8H2,1-2H3,(H,13,14). The molecule has 0 radical (unpaired) electrons. The Labute approximate surface area is 116 Å². The van der Waals surface area contributed by atoms with Crippen molar-refractivity contribution in [2.45, 2.75) is 6.92 Å². The van der Waals surface area contributed by atoms with E-state index in [1.54, 1.807) is 16.8 Å². The molecule has 1 amide bonds. The summed E-state index contributed by atoms with van der Waals surface area (Å²) in [6.45, 7) is 3.90. The molecule has 8 nitrogen and oxygen atoms in total. The van der Waals surface area contributed by atoms with Crippen LogP contribution in [0.4, 0.5) is 17.3 Å². The number of piperazine rings is 1. The predicted octanol–water partition coefficient (Wildman–Crippen LogP) is 0.700. The van der Waals surface area contributed by atoms with E-state index in [4.69, 9.17) is 0 Å². The summed E-state index contributed by atoms with van der Waals surface area (Å²) in [6, 6.07) is 2.80. The van der Waals surface area contributed by atoms with Crippen LogP contribution in [0.25, 0.3) is 0 Å². The molecular weight excluding hydrogens is 262 g/mol. The monoisotopic (exact) mass is 279 g/mol. The van der Waals surface area contributed by atoms with E-state index in [9.17, 15) is 14.9 Å². The fourth-order valence-corrected chi connectivity index (χ4v) is 2.00. The highest BCUT2D eigenvalue weighted by Crippen LogP contribution is 2.24. The Morgan fingerprint density at radius 1 is 1.45 bits per heavy atom. The first kappa shape index (κ1) is 14.0. The molecule has 1 N–H and O–H groups in total. The van der Waals surface area contributed by atoms with Gasteiger partial charge in [-0.2, -0.15) is 0 Å². The number of pyridine rings is 1. The van der Waals surface area contributed by atoms with Crippen LogP contribution in [-0.4, -0.2) is 53.9 Å². The molecule has 108 valence electrons. The minimum absolute atomic E-state index is 0.0189. The molecule has 0 saturated carbocycles. The lowest BCUT2D eigenvalue weighted by Crippen LogP contribution is -2.48. The van der Waals surface area contributed by atoms with Crippen LogP contribution in [0.15, 0.2) is 12.1 Å². The zero-order chi connectivity index (χ0) is 14.7. The molecule has 1 fully saturated rings. The molecular formula is C12H17N5O3. The van der Waals surface area contributed by atoms with Gasteiger partial charge in [0.15, 0.2) is 0 Å². The molecule has 1 aliphatic rings. The van der Waals surface area contributed by atoms with Crippen LogP contribution < -0.4 is 10.2 Å². The summed E-state index contributed by atoms with van der Waals surface area (Å²) in [5, 5.41) is 13.9. The first-order chi connectivity index (χ1) is 9.51. The average molecular weight is 279 g/mol. The van der Waals surface area contributed by atoms with Gasteiger partial charge < -0.3 is 15.1 Å². The topological polar surface area (TPSA) is 91.6 Å². The Kier molecular flexibility index (Phi) is 4.02. The highest BCUT2D eigenvalue weighted by molar-refractivity contribution is 5.82. The molecule has 0 spiro atoms. The van der Waals surface area contributed by atoms with Gasteiger partial charge in [0.1, 0.15) is 11.6 Å². The van der Waals surface area contributed by atoms with E-state index in [0.29, 0.717) is 31.3 Å². The van der Waals surface area contributed by atoms with Gasteiger partial charge in [-0.15, -0.1) is 0 Å². The third kappa shape index (κ3) is 2.95. The number of nitrogens with one attached hydrogen (secondary N) is 1. The van der Waals surface area contributed by atoms with E-state index >= 15 is 0 Å². The molecule has 1 aromatic rings. The number of carbonyl (C=O) groups is 1. The van der Waals surface area contributed by atoms with Gasteiger partial charge in [0.2, 0.25) is 5.91 Å². The third-order valence-corrected chi connectivity index (χ3v) is 3.15. The van der Waals surface area contributed by atoms with Crippen molar-refractivity contribution in [3.05, 3.63) is 22.2 Å². The summed E-state index contributed by atoms with van der Waals surface area (Å²) in [5.74, 6) is 0.884. The van der Waals surface area contributed by atoms with Crippen LogP contribution in [0.5, 0.6) is 0 Å². The zero-order valence-corrected chi connectivity index (χ0v) is 11.5. The van der Waals surface area contributed by atoms with Gasteiger partial charge in [-0.1, -0.05) is 0 Å². The lowest BCUT2D eigenvalue weighted by Gasteiger charge is -2.32. The maximum atomic E-state index is 11.7. The van der Waals surface area contributed by atoms with Gasteiger partial charge in [0.05, 0.1) is 23.6 Å². The van der Waals surface area contributed by atoms with Crippen molar-refractivity contribution in [3.8, 4) is 0 Å². The highest BCUT2D eigenvalue weighted by Gasteiger charge is 2.24. The predicted molar refractivity (Wildman–Crippen MR) is 74.9 cm³/mol. The van der Waals surface area contributed by atoms with Gasteiger partial charge in [-0.25, -0.2) is 4.98 Å². The van der Waals surface area contributed by atoms with Gasteiger partial charge in [0, 0.05) is 26.7 Å². The zero-order valence-electron chi connectivity index (χ0n) is 11.5. The fourth-order valence-electron chi connectivity index (χ4n) is 2.00. The van der Waals surface area contributed by atoms with Crippen molar-refractivity contribution in [1.29, 1.82) is 0 Å². The second kappa shape index (κ2) is 5.72. The number of anilines is 2. The van der Waals surface area contributed by atoms with E-state index in [-0.39, 0.29) is 18.1 Å². The molecule has 20 heavy (non-hydrogen) atoms. The molecule has 0 bridgehead atoms. The number of amides is 1. The minimum Gasteiger partial charge on any atom is -0.370 e. The molecule has 1 aromatic heterocycles. The Morgan fingerprint density at radius 2 is 2.20 bits per heavy atom. The SMILES string of the molecule is CCNc1cc([N+](=O)[O-])cc(N2CCN(C)C(=O)C2)n1. The smallest absolute Gasteiger partial charge is 0.276 e. The molecule has 1 saturated heterocycles. The molecule has 0 aromatic carbocycles. The number of nitro groups is 1. The largest absolute Gasteiger partial charge is 0.370 e. The Hall–Kier alpha value is -2.38. The summed E-state index contributed by atoms with van der Waals surface area (Å²) in [4.78, 5) is 30.0. The van der Waals surface area contributed by atoms with Crippen molar-refractivity contribution in [3.63, 3.8) is 0 Å². The normalized spacial score (nSPS) is 15.4. The maximum Gasteiger partial charge on any atom is 0.276 e. The van der Waals surface area contributed by atoms with E-state index in [1.165, 1.54) is 12.1 Å². The summed E-state index contributed by atoms with van der Waals surface area (Å²) in [7, 11) is 1.74. The van der Waals surface area contributed by atoms with Gasteiger partial charge in [-0.05, 0) is 6.92 Å². The van der Waals surface area contributed by atoms with Crippen LogP contribution in [0.3, 0.4) is 0 Å². The molecule has 8 heteroatoms. The van der Waals surface area contributed by atoms with Crippen molar-refractivity contribution < 1.29 is 9.72 Å². The highest BCUT2D eigenvalue weighted by atomic mass is 16.6. The molecule has 2 heterocycles. The third-order valence-electron chi connectivity index (χ3n) is 3.15. The van der Waals surface area contributed by atoms with E-state index in [0.717, 1.165) is 0 Å². The van der Waals surface area contributed by atoms with Gasteiger partial charge >= 0.3 is 0 Å². The van der Waals surface area contributed by atoms with E-state index in [2.05, 4.69) is 10.3 Å². The quantitative estimate of drug-likeness (QED) is 0.644. The minimum atomic E-state index is -0.454. The summed E-state index contributed by atoms with van der Waals surface area (Å²) < 4.78 is 0. The number of hydrogen-bond donors (Lipinski definition) is 1. The van der Waals surface area contributed by atoms with Gasteiger partial charge in [0.25, 0.3) is 5.69 Å². The van der Waals surface area contributed by atoms with Crippen molar-refractivity contribution in [2.75, 3.05) is 43.4 Å². The molecule has 1 aliphatic heterocycles. The van der Waals surface area contributed by atoms with Crippen LogP contribution in [0, 0.1) is 10.1 Å². The van der Waals surface area contributed by atoms with Crippen molar-refractivity contribution >= 4 is 23.2 Å². The van der Waals surface area contributed by atoms with Crippen LogP contribution in [-0.2, 0) is 4.79 Å². The summed E-state index contributed by atoms with van der Waals surface area (Å²) in [6.07, 6.45) is 0. The molecule has 2 rings (SSSR count). The molecule has 0 atom stereocenters. The first-order valence-electron chi connectivity index (χ1n) is 6.40. The number of likely N-dealkylation sites (N-methyl/N-ethyl adjacent to an activating group) is 1. The summed E-state index contributed by atoms with van der Waals surface area (Å²) in [5.41, 5.74) is -0.0303. The lowest BCUT2D eigenvalue weighted by molar-refractivity contribution is -0.384. The van der Waals surface area contributed by atoms with Crippen LogP contribution in [0.2, 0.25) is 0 Å². The van der Waals surface area contributed by atoms with Crippen molar-refractivity contribution in [1.82, 2.24) is 9.88 Å². The first-order valence-corrected chi connectivity index (χ1v) is 6.40. The number of hydrogen-bond acceptors (Lipinski definition) is 6. The average Bonchev–Trinajstić information content (AvgIpc) is 2.42. The van der Waals surface area contributed by atoms with Gasteiger partial charge in [-0.3, -0.25) is 14.9 Å². The lowest BCUT2D eigenvalue weighted by atomic mass is 10.3. The van der Waals surface area contributed by atoms with E-state index in [1.807, 2.05) is 6.92 Å². The fraction of sp³-hybridized carbons (Fsp3) is 0.500. The second-order valence-electron chi connectivity index (χ2n) is 4.59. The maximum absolute atomic E-state index is 11.7. The number of carbonyl (C=O) groups excluding carboxylic acids is 1. The van der Waals surface area contributed by atoms with Crippen LogP contribution in [0.1, 0.15) is 6.92 Å². The van der Waals surface area contributed by atoms with E-state index < -0.39 is 4.92 Å². The summed E-state index contributed by atoms with van der Waals surface area (Å²) >= 11 is 0. The van der Waals surface area contributed by atoms with Crippen molar-refractivity contribution in [2.24, 2.45) is 0 Å². The number of aromatic nitrogens is 1. The Bertz CT molecular complexity index is 534. The molecule has 0 unspecified atom stereocenters. The Morgan fingerprint density at radius 3 is 2.80 bits per heavy atom. The van der Waals surface area contributed by atoms with Crippen LogP contribution >= 0.6 is 0 Å². The molecule has 0 aliphatic carbocycles. The second-order valence-corrected chi connectivity index (χ2v) is 4.59.